The minimum atomic E-state index is -0.462. The lowest BCUT2D eigenvalue weighted by Crippen LogP contribution is -2.48. The van der Waals surface area contributed by atoms with E-state index in [-0.39, 0.29) is 30.7 Å². The van der Waals surface area contributed by atoms with Crippen LogP contribution in [0.1, 0.15) is 28.2 Å². The molecule has 2 amide bonds. The second kappa shape index (κ2) is 20.3. The van der Waals surface area contributed by atoms with Crippen LogP contribution in [-0.4, -0.2) is 113 Å². The fourth-order valence-electron chi connectivity index (χ4n) is 5.81. The highest BCUT2D eigenvalue weighted by Gasteiger charge is 2.24. The third-order valence-electron chi connectivity index (χ3n) is 8.42. The molecule has 53 heavy (non-hydrogen) atoms. The number of methoxy groups -OCH3 is 2. The number of aliphatic hydroxyl groups excluding tert-OH is 1. The number of ether oxygens (including phenoxy) is 2. The van der Waals surface area contributed by atoms with Crippen LogP contribution in [0.25, 0.3) is 22.3 Å². The molecule has 5 rings (SSSR count). The van der Waals surface area contributed by atoms with E-state index in [9.17, 15) is 19.7 Å². The van der Waals surface area contributed by atoms with E-state index in [2.05, 4.69) is 20.4 Å². The minimum absolute atomic E-state index is 0. The summed E-state index contributed by atoms with van der Waals surface area (Å²) in [5.74, 6) is 0.870. The number of aromatic nitrogens is 4. The van der Waals surface area contributed by atoms with Gasteiger partial charge in [-0.25, -0.2) is 0 Å². The zero-order chi connectivity index (χ0) is 38.5. The Kier molecular flexibility index (Phi) is 16.6. The SMILES string of the molecule is C.CCN(CCNC(C)=O)c1cc(OC)c([N+](=O)[O-])cc1-c1cnn(C)c1.CO.COc1cc(N2CCN(C(C)=O)CC2)c(-c2cnn(C)c2)cc1N. The van der Waals surface area contributed by atoms with Crippen LogP contribution in [-0.2, 0) is 23.7 Å². The van der Waals surface area contributed by atoms with Crippen molar-refractivity contribution < 1.29 is 29.1 Å². The molecule has 4 N–H and O–H groups in total. The summed E-state index contributed by atoms with van der Waals surface area (Å²) in [4.78, 5) is 39.8. The molecule has 0 aliphatic carbocycles. The Labute approximate surface area is 311 Å². The summed E-state index contributed by atoms with van der Waals surface area (Å²) in [5, 5.41) is 29.6. The van der Waals surface area contributed by atoms with Crippen molar-refractivity contribution in [3.63, 3.8) is 0 Å². The van der Waals surface area contributed by atoms with Gasteiger partial charge in [0.25, 0.3) is 0 Å². The van der Waals surface area contributed by atoms with Crippen LogP contribution in [0, 0.1) is 10.1 Å². The Hall–Kier alpha value is -5.84. The maximum atomic E-state index is 11.5. The first-order valence-corrected chi connectivity index (χ1v) is 16.6. The van der Waals surface area contributed by atoms with Gasteiger partial charge in [0.05, 0.1) is 37.2 Å². The van der Waals surface area contributed by atoms with Crippen LogP contribution >= 0.6 is 0 Å². The van der Waals surface area contributed by atoms with Crippen LogP contribution in [0.5, 0.6) is 11.5 Å². The van der Waals surface area contributed by atoms with Crippen molar-refractivity contribution in [2.75, 3.05) is 82.7 Å². The molecule has 290 valence electrons. The molecule has 2 aromatic carbocycles. The highest BCUT2D eigenvalue weighted by Crippen LogP contribution is 2.41. The number of aliphatic hydroxyl groups is 1. The molecule has 1 fully saturated rings. The number of nitrogen functional groups attached to an aromatic ring is 1. The monoisotopic (exact) mass is 738 g/mol. The van der Waals surface area contributed by atoms with Gasteiger partial charge in [0, 0.05) is 145 Å². The molecule has 2 aromatic heterocycles. The number of nitrogens with zero attached hydrogens (tertiary/aromatic N) is 8. The molecule has 1 aliphatic heterocycles. The standard InChI is InChI=1S/C17H23N5O4.C17H23N5O2.CH4O.CH4/c1-5-21(7-6-18-12(2)23)15-9-17(26-4)16(22(24)25)8-14(15)13-10-19-20(3)11-13;1-12(23)21-4-6-22(7-5-21)16-9-17(24-3)15(18)8-14(16)13-10-19-20(2)11-13;1-2;/h8-11H,5-7H2,1-4H3,(H,18,23);8-11H,4-7,18H2,1-3H3;2H,1H3;1H4. The molecule has 3 heterocycles. The molecule has 0 radical (unpaired) electrons. The summed E-state index contributed by atoms with van der Waals surface area (Å²) in [6.45, 7) is 9.74. The number of aryl methyl sites for hydroxylation is 2. The van der Waals surface area contributed by atoms with Crippen molar-refractivity contribution in [1.82, 2.24) is 29.8 Å². The van der Waals surface area contributed by atoms with Crippen molar-refractivity contribution >= 4 is 34.6 Å². The van der Waals surface area contributed by atoms with Gasteiger partial charge in [-0.05, 0) is 13.0 Å². The third-order valence-corrected chi connectivity index (χ3v) is 8.42. The van der Waals surface area contributed by atoms with Crippen molar-refractivity contribution in [1.29, 1.82) is 0 Å². The van der Waals surface area contributed by atoms with Gasteiger partial charge in [0.15, 0.2) is 5.75 Å². The van der Waals surface area contributed by atoms with Gasteiger partial charge in [-0.1, -0.05) is 7.43 Å². The lowest BCUT2D eigenvalue weighted by molar-refractivity contribution is -0.385. The van der Waals surface area contributed by atoms with E-state index in [0.29, 0.717) is 49.7 Å². The molecular weight excluding hydrogens is 684 g/mol. The number of nitrogens with two attached hydrogens (primary N) is 1. The number of benzene rings is 2. The zero-order valence-corrected chi connectivity index (χ0v) is 31.1. The van der Waals surface area contributed by atoms with Crippen LogP contribution in [0.3, 0.4) is 0 Å². The number of hydrogen-bond donors (Lipinski definition) is 3. The smallest absolute Gasteiger partial charge is 0.311 e. The molecule has 0 spiro atoms. The third kappa shape index (κ3) is 11.1. The van der Waals surface area contributed by atoms with Crippen molar-refractivity contribution in [2.45, 2.75) is 28.2 Å². The zero-order valence-electron chi connectivity index (χ0n) is 31.1. The molecule has 0 unspecified atom stereocenters. The molecule has 0 saturated carbocycles. The van der Waals surface area contributed by atoms with Crippen LogP contribution < -0.4 is 30.3 Å². The summed E-state index contributed by atoms with van der Waals surface area (Å²) in [7, 11) is 7.70. The Balaban J connectivity index is 0.000000345. The van der Waals surface area contributed by atoms with Crippen LogP contribution in [0.4, 0.5) is 22.7 Å². The van der Waals surface area contributed by atoms with Gasteiger partial charge in [0.2, 0.25) is 11.8 Å². The summed E-state index contributed by atoms with van der Waals surface area (Å²) in [6, 6.07) is 7.08. The van der Waals surface area contributed by atoms with Gasteiger partial charge >= 0.3 is 5.69 Å². The number of carbonyl (C=O) groups excluding carboxylic acids is 2. The molecule has 0 atom stereocenters. The number of amides is 2. The summed E-state index contributed by atoms with van der Waals surface area (Å²) in [6.07, 6.45) is 7.26. The number of rotatable bonds is 11. The maximum absolute atomic E-state index is 11.5. The maximum Gasteiger partial charge on any atom is 0.311 e. The summed E-state index contributed by atoms with van der Waals surface area (Å²) in [5.41, 5.74) is 11.9. The number of piperazine rings is 1. The van der Waals surface area contributed by atoms with Gasteiger partial charge in [-0.3, -0.25) is 29.1 Å². The Morgan fingerprint density at radius 3 is 1.96 bits per heavy atom. The highest BCUT2D eigenvalue weighted by atomic mass is 16.6. The molecule has 1 aliphatic rings. The Morgan fingerprint density at radius 1 is 0.943 bits per heavy atom. The van der Waals surface area contributed by atoms with E-state index in [4.69, 9.17) is 20.3 Å². The van der Waals surface area contributed by atoms with Crippen molar-refractivity contribution in [3.8, 4) is 33.8 Å². The van der Waals surface area contributed by atoms with E-state index in [1.807, 2.05) is 48.3 Å². The van der Waals surface area contributed by atoms with E-state index >= 15 is 0 Å². The quantitative estimate of drug-likeness (QED) is 0.115. The second-order valence-corrected chi connectivity index (χ2v) is 11.8. The second-order valence-electron chi connectivity index (χ2n) is 11.8. The lowest BCUT2D eigenvalue weighted by atomic mass is 10.0. The number of likely N-dealkylation sites (N-methyl/N-ethyl adjacent to an activating group) is 1. The molecular formula is C36H54N10O7. The topological polar surface area (TPSA) is 199 Å². The molecule has 1 saturated heterocycles. The van der Waals surface area contributed by atoms with E-state index < -0.39 is 4.92 Å². The number of hydrogen-bond acceptors (Lipinski definition) is 12. The number of nitrogens with one attached hydrogen (secondary N) is 1. The molecule has 17 heteroatoms. The molecule has 17 nitrogen and oxygen atoms in total. The average molecular weight is 739 g/mol. The minimum Gasteiger partial charge on any atom is -0.495 e. The lowest BCUT2D eigenvalue weighted by Gasteiger charge is -2.36. The number of nitro groups is 1. The normalized spacial score (nSPS) is 11.9. The van der Waals surface area contributed by atoms with E-state index in [0.717, 1.165) is 48.3 Å². The average Bonchev–Trinajstić information content (AvgIpc) is 3.78. The summed E-state index contributed by atoms with van der Waals surface area (Å²) < 4.78 is 14.0. The first-order chi connectivity index (χ1) is 24.9. The predicted octanol–water partition coefficient (Wildman–Crippen LogP) is 3.56. The number of carbonyl (C=O) groups is 2. The van der Waals surface area contributed by atoms with Gasteiger partial charge in [0.1, 0.15) is 5.75 Å². The van der Waals surface area contributed by atoms with E-state index in [1.165, 1.54) is 20.1 Å². The van der Waals surface area contributed by atoms with Gasteiger partial charge in [-0.2, -0.15) is 10.2 Å². The number of anilines is 3. The van der Waals surface area contributed by atoms with Crippen molar-refractivity contribution in [3.05, 3.63) is 59.2 Å². The fourth-order valence-corrected chi connectivity index (χ4v) is 5.81. The summed E-state index contributed by atoms with van der Waals surface area (Å²) >= 11 is 0. The Bertz CT molecular complexity index is 1820. The van der Waals surface area contributed by atoms with E-state index in [1.54, 1.807) is 48.9 Å². The van der Waals surface area contributed by atoms with Crippen LogP contribution in [0.2, 0.25) is 0 Å². The van der Waals surface area contributed by atoms with Gasteiger partial charge in [-0.15, -0.1) is 0 Å². The first-order valence-electron chi connectivity index (χ1n) is 16.6. The first kappa shape index (κ1) is 43.3. The molecule has 4 aromatic rings. The van der Waals surface area contributed by atoms with Crippen LogP contribution in [0.15, 0.2) is 49.1 Å². The molecule has 0 bridgehead atoms. The highest BCUT2D eigenvalue weighted by molar-refractivity contribution is 5.84. The largest absolute Gasteiger partial charge is 0.495 e. The van der Waals surface area contributed by atoms with Gasteiger partial charge < -0.3 is 40.3 Å². The predicted molar refractivity (Wildman–Crippen MR) is 207 cm³/mol. The Morgan fingerprint density at radius 2 is 1.51 bits per heavy atom. The van der Waals surface area contributed by atoms with Crippen molar-refractivity contribution in [2.24, 2.45) is 14.1 Å². The fraction of sp³-hybridized carbons (Fsp3) is 0.444. The number of nitro benzene ring substituents is 1.